The van der Waals surface area contributed by atoms with Crippen LogP contribution in [0.1, 0.15) is 29.5 Å². The number of carbonyl (C=O) groups is 1. The Labute approximate surface area is 163 Å². The van der Waals surface area contributed by atoms with Crippen LogP contribution < -0.4 is 16.4 Å². The van der Waals surface area contributed by atoms with Crippen molar-refractivity contribution in [1.29, 1.82) is 0 Å². The highest BCUT2D eigenvalue weighted by atomic mass is 32.2. The van der Waals surface area contributed by atoms with Crippen LogP contribution in [0.3, 0.4) is 0 Å². The van der Waals surface area contributed by atoms with E-state index in [0.717, 1.165) is 9.21 Å². The van der Waals surface area contributed by atoms with E-state index in [-0.39, 0.29) is 31.5 Å². The Kier molecular flexibility index (Phi) is 6.05. The van der Waals surface area contributed by atoms with E-state index < -0.39 is 33.5 Å². The van der Waals surface area contributed by atoms with Crippen LogP contribution in [0.2, 0.25) is 0 Å². The minimum atomic E-state index is -4.90. The molecule has 1 heterocycles. The number of halogens is 2. The minimum Gasteiger partial charge on any atom is -0.465 e. The predicted molar refractivity (Wildman–Crippen MR) is 102 cm³/mol. The zero-order valence-corrected chi connectivity index (χ0v) is 16.9. The first-order valence-electron chi connectivity index (χ1n) is 8.70. The van der Waals surface area contributed by atoms with Crippen molar-refractivity contribution in [3.63, 3.8) is 0 Å². The standard InChI is InChI=1S/C17H26F2N4O4S/c1-11-8-13(22(3)15(24)25)9-12(2)14(11)10-17(18,19)28(26,27)23-6-4-16(20,21)5-7-23/h8-9H,4-7,10,20-21H2,1-3H3,(H,24,25). The molecular formula is C17H26F2N4O4S. The number of anilines is 1. The quantitative estimate of drug-likeness (QED) is 0.620. The van der Waals surface area contributed by atoms with Gasteiger partial charge in [0.25, 0.3) is 10.0 Å². The number of sulfonamides is 1. The molecule has 1 fully saturated rings. The number of piperidine rings is 1. The van der Waals surface area contributed by atoms with E-state index in [1.165, 1.54) is 19.2 Å². The Morgan fingerprint density at radius 2 is 1.71 bits per heavy atom. The summed E-state index contributed by atoms with van der Waals surface area (Å²) in [6.45, 7) is 2.76. The topological polar surface area (TPSA) is 130 Å². The Hall–Kier alpha value is -1.82. The summed E-state index contributed by atoms with van der Waals surface area (Å²) in [5.74, 6) is 0. The van der Waals surface area contributed by atoms with Crippen LogP contribution in [-0.2, 0) is 16.4 Å². The minimum absolute atomic E-state index is 0.0938. The maximum Gasteiger partial charge on any atom is 0.411 e. The number of hydrogen-bond acceptors (Lipinski definition) is 5. The summed E-state index contributed by atoms with van der Waals surface area (Å²) in [4.78, 5) is 12.0. The fourth-order valence-corrected chi connectivity index (χ4v) is 4.55. The summed E-state index contributed by atoms with van der Waals surface area (Å²) in [5, 5.41) is 5.04. The molecule has 0 saturated carbocycles. The molecule has 28 heavy (non-hydrogen) atoms. The van der Waals surface area contributed by atoms with Crippen molar-refractivity contribution in [2.45, 2.75) is 44.0 Å². The Balaban J connectivity index is 2.29. The van der Waals surface area contributed by atoms with Crippen LogP contribution in [0, 0.1) is 13.8 Å². The van der Waals surface area contributed by atoms with Crippen molar-refractivity contribution < 1.29 is 27.1 Å². The molecule has 0 unspecified atom stereocenters. The number of nitrogens with zero attached hydrogens (tertiary/aromatic N) is 2. The van der Waals surface area contributed by atoms with Crippen LogP contribution >= 0.6 is 0 Å². The molecule has 5 N–H and O–H groups in total. The number of nitrogens with two attached hydrogens (primary N) is 2. The molecule has 0 spiro atoms. The highest BCUT2D eigenvalue weighted by molar-refractivity contribution is 7.90. The van der Waals surface area contributed by atoms with Crippen molar-refractivity contribution in [1.82, 2.24) is 4.31 Å². The summed E-state index contributed by atoms with van der Waals surface area (Å²) >= 11 is 0. The second-order valence-corrected chi connectivity index (χ2v) is 9.41. The van der Waals surface area contributed by atoms with Gasteiger partial charge in [0.05, 0.1) is 12.1 Å². The highest BCUT2D eigenvalue weighted by Gasteiger charge is 2.50. The van der Waals surface area contributed by atoms with E-state index in [9.17, 15) is 22.0 Å². The predicted octanol–water partition coefficient (Wildman–Crippen LogP) is 1.59. The van der Waals surface area contributed by atoms with E-state index >= 15 is 0 Å². The monoisotopic (exact) mass is 420 g/mol. The molecule has 11 heteroatoms. The largest absolute Gasteiger partial charge is 0.465 e. The first kappa shape index (κ1) is 22.5. The first-order valence-corrected chi connectivity index (χ1v) is 10.1. The molecule has 8 nitrogen and oxygen atoms in total. The van der Waals surface area contributed by atoms with Gasteiger partial charge in [0, 0.05) is 25.8 Å². The maximum absolute atomic E-state index is 14.8. The molecular weight excluding hydrogens is 394 g/mol. The summed E-state index contributed by atoms with van der Waals surface area (Å²) in [6.07, 6.45) is -2.01. The average molecular weight is 420 g/mol. The number of benzene rings is 1. The average Bonchev–Trinajstić information content (AvgIpc) is 2.56. The summed E-state index contributed by atoms with van der Waals surface area (Å²) in [7, 11) is -3.57. The van der Waals surface area contributed by atoms with E-state index in [4.69, 9.17) is 16.6 Å². The van der Waals surface area contributed by atoms with Crippen molar-refractivity contribution in [2.75, 3.05) is 25.0 Å². The van der Waals surface area contributed by atoms with Gasteiger partial charge in [-0.15, -0.1) is 0 Å². The zero-order chi connectivity index (χ0) is 21.5. The van der Waals surface area contributed by atoms with Crippen molar-refractivity contribution >= 4 is 21.8 Å². The smallest absolute Gasteiger partial charge is 0.411 e. The van der Waals surface area contributed by atoms with Gasteiger partial charge in [-0.25, -0.2) is 13.2 Å². The SMILES string of the molecule is Cc1cc(N(C)C(=O)O)cc(C)c1CC(F)(F)S(=O)(=O)N1CCC(N)(N)CC1. The molecule has 0 radical (unpaired) electrons. The number of carboxylic acid groups (broad SMARTS) is 1. The van der Waals surface area contributed by atoms with Gasteiger partial charge < -0.3 is 16.6 Å². The number of rotatable bonds is 5. The molecule has 1 amide bonds. The highest BCUT2D eigenvalue weighted by Crippen LogP contribution is 2.35. The van der Waals surface area contributed by atoms with Crippen LogP contribution in [-0.4, -0.2) is 55.0 Å². The van der Waals surface area contributed by atoms with Crippen LogP contribution in [0.5, 0.6) is 0 Å². The van der Waals surface area contributed by atoms with Gasteiger partial charge in [0.1, 0.15) is 0 Å². The Bertz CT molecular complexity index is 841. The lowest BCUT2D eigenvalue weighted by atomic mass is 9.99. The zero-order valence-electron chi connectivity index (χ0n) is 16.1. The van der Waals surface area contributed by atoms with E-state index in [1.54, 1.807) is 13.8 Å². The molecule has 0 atom stereocenters. The number of aryl methyl sites for hydroxylation is 2. The van der Waals surface area contributed by atoms with Gasteiger partial charge in [-0.1, -0.05) is 0 Å². The molecule has 1 aliphatic heterocycles. The second kappa shape index (κ2) is 7.54. The van der Waals surface area contributed by atoms with E-state index in [2.05, 4.69) is 0 Å². The van der Waals surface area contributed by atoms with Crippen molar-refractivity contribution in [3.05, 3.63) is 28.8 Å². The van der Waals surface area contributed by atoms with Crippen molar-refractivity contribution in [2.24, 2.45) is 11.5 Å². The molecule has 0 bridgehead atoms. The van der Waals surface area contributed by atoms with E-state index in [0.29, 0.717) is 16.8 Å². The number of amides is 1. The van der Waals surface area contributed by atoms with E-state index in [1.807, 2.05) is 0 Å². The molecule has 1 saturated heterocycles. The summed E-state index contributed by atoms with van der Waals surface area (Å²) in [5.41, 5.74) is 11.7. The van der Waals surface area contributed by atoms with Crippen LogP contribution in [0.15, 0.2) is 12.1 Å². The summed E-state index contributed by atoms with van der Waals surface area (Å²) in [6, 6.07) is 2.88. The molecule has 0 aliphatic carbocycles. The van der Waals surface area contributed by atoms with Gasteiger partial charge in [-0.2, -0.15) is 13.1 Å². The summed E-state index contributed by atoms with van der Waals surface area (Å²) < 4.78 is 55.4. The lowest BCUT2D eigenvalue weighted by Crippen LogP contribution is -2.59. The van der Waals surface area contributed by atoms with Crippen molar-refractivity contribution in [3.8, 4) is 0 Å². The number of alkyl halides is 2. The Morgan fingerprint density at radius 3 is 2.14 bits per heavy atom. The molecule has 0 aromatic heterocycles. The lowest BCUT2D eigenvalue weighted by Gasteiger charge is -2.37. The third-order valence-electron chi connectivity index (χ3n) is 5.11. The molecule has 1 aromatic rings. The second-order valence-electron chi connectivity index (χ2n) is 7.35. The fraction of sp³-hybridized carbons (Fsp3) is 0.588. The normalized spacial score (nSPS) is 18.1. The van der Waals surface area contributed by atoms with Gasteiger partial charge in [-0.05, 0) is 55.5 Å². The molecule has 1 aliphatic rings. The molecule has 158 valence electrons. The van der Waals surface area contributed by atoms with Gasteiger partial charge in [-0.3, -0.25) is 4.90 Å². The van der Waals surface area contributed by atoms with Gasteiger partial charge in [0.15, 0.2) is 0 Å². The molecule has 1 aromatic carbocycles. The number of hydrogen-bond donors (Lipinski definition) is 3. The fourth-order valence-electron chi connectivity index (χ4n) is 3.18. The molecule has 2 rings (SSSR count). The van der Waals surface area contributed by atoms with Gasteiger partial charge >= 0.3 is 11.3 Å². The third kappa shape index (κ3) is 4.43. The third-order valence-corrected chi connectivity index (χ3v) is 7.05. The first-order chi connectivity index (χ1) is 12.7. The van der Waals surface area contributed by atoms with Crippen LogP contribution in [0.4, 0.5) is 19.3 Å². The lowest BCUT2D eigenvalue weighted by molar-refractivity contribution is 0.0798. The van der Waals surface area contributed by atoms with Gasteiger partial charge in [0.2, 0.25) is 0 Å². The maximum atomic E-state index is 14.8. The Morgan fingerprint density at radius 1 is 1.25 bits per heavy atom. The van der Waals surface area contributed by atoms with Crippen LogP contribution in [0.25, 0.3) is 0 Å².